The van der Waals surface area contributed by atoms with Crippen molar-refractivity contribution in [2.45, 2.75) is 31.9 Å². The molecule has 0 saturated heterocycles. The van der Waals surface area contributed by atoms with Crippen molar-refractivity contribution in [2.75, 3.05) is 0 Å². The zero-order chi connectivity index (χ0) is 17.6. The van der Waals surface area contributed by atoms with Gasteiger partial charge in [-0.2, -0.15) is 13.2 Å². The lowest BCUT2D eigenvalue weighted by Crippen LogP contribution is -2.38. The van der Waals surface area contributed by atoms with E-state index in [0.717, 1.165) is 0 Å². The molecule has 1 aliphatic carbocycles. The molecule has 8 heteroatoms. The lowest BCUT2D eigenvalue weighted by Gasteiger charge is -2.37. The van der Waals surface area contributed by atoms with Gasteiger partial charge in [-0.25, -0.2) is 4.98 Å². The van der Waals surface area contributed by atoms with E-state index in [1.54, 1.807) is 31.2 Å². The van der Waals surface area contributed by atoms with Crippen molar-refractivity contribution in [3.63, 3.8) is 0 Å². The van der Waals surface area contributed by atoms with Crippen LogP contribution >= 0.6 is 23.2 Å². The number of rotatable bonds is 2. The summed E-state index contributed by atoms with van der Waals surface area (Å²) in [6, 6.07) is 6.42. The third kappa shape index (κ3) is 3.05. The Labute approximate surface area is 146 Å². The lowest BCUT2D eigenvalue weighted by atomic mass is 9.74. The largest absolute Gasteiger partial charge is 0.391 e. The monoisotopic (exact) mass is 376 g/mol. The first-order valence-corrected chi connectivity index (χ1v) is 8.05. The highest BCUT2D eigenvalue weighted by atomic mass is 35.5. The number of nitrogens with zero attached hydrogens (tertiary/aromatic N) is 2. The van der Waals surface area contributed by atoms with Gasteiger partial charge < -0.3 is 0 Å². The Morgan fingerprint density at radius 1 is 1.17 bits per heavy atom. The van der Waals surface area contributed by atoms with Crippen molar-refractivity contribution in [1.82, 2.24) is 9.55 Å². The second-order valence-electron chi connectivity index (χ2n) is 5.89. The molecule has 3 rings (SSSR count). The number of aryl methyl sites for hydroxylation is 1. The molecule has 1 aromatic heterocycles. The van der Waals surface area contributed by atoms with Gasteiger partial charge in [-0.3, -0.25) is 9.36 Å². The summed E-state index contributed by atoms with van der Waals surface area (Å²) in [7, 11) is 0. The van der Waals surface area contributed by atoms with E-state index in [1.165, 1.54) is 4.57 Å². The van der Waals surface area contributed by atoms with Crippen LogP contribution in [0, 0.1) is 12.8 Å². The van der Waals surface area contributed by atoms with Crippen molar-refractivity contribution >= 4 is 23.2 Å². The molecule has 3 nitrogen and oxygen atoms in total. The molecule has 1 aliphatic rings. The third-order valence-corrected chi connectivity index (χ3v) is 4.96. The van der Waals surface area contributed by atoms with Gasteiger partial charge in [0, 0.05) is 10.9 Å². The van der Waals surface area contributed by atoms with Crippen LogP contribution in [0.1, 0.15) is 30.3 Å². The Bertz CT molecular complexity index is 825. The van der Waals surface area contributed by atoms with Gasteiger partial charge in [-0.15, -0.1) is 0 Å². The highest BCUT2D eigenvalue weighted by Gasteiger charge is 2.49. The SMILES string of the molecule is Cc1nc(C2CC(C(F)(F)F)C2)n(-c2ccc(Cl)cc2)c(=O)c1Cl. The molecular formula is C16H13Cl2F3N2O. The number of benzene rings is 1. The molecule has 0 aliphatic heterocycles. The fourth-order valence-electron chi connectivity index (χ4n) is 2.84. The number of aromatic nitrogens is 2. The van der Waals surface area contributed by atoms with Crippen LogP contribution in [0.25, 0.3) is 5.69 Å². The zero-order valence-corrected chi connectivity index (χ0v) is 14.1. The minimum absolute atomic E-state index is 0.0413. The molecule has 0 unspecified atom stereocenters. The molecule has 0 N–H and O–H groups in total. The Balaban J connectivity index is 2.06. The van der Waals surface area contributed by atoms with Crippen LogP contribution in [-0.2, 0) is 0 Å². The lowest BCUT2D eigenvalue weighted by molar-refractivity contribution is -0.198. The predicted molar refractivity (Wildman–Crippen MR) is 86.1 cm³/mol. The number of hydrogen-bond acceptors (Lipinski definition) is 2. The Morgan fingerprint density at radius 2 is 1.75 bits per heavy atom. The van der Waals surface area contributed by atoms with Crippen molar-refractivity contribution < 1.29 is 13.2 Å². The quantitative estimate of drug-likeness (QED) is 0.746. The van der Waals surface area contributed by atoms with Crippen LogP contribution in [0.3, 0.4) is 0 Å². The number of halogens is 5. The first kappa shape index (κ1) is 17.3. The fraction of sp³-hybridized carbons (Fsp3) is 0.375. The van der Waals surface area contributed by atoms with Crippen molar-refractivity contribution in [1.29, 1.82) is 0 Å². The average molecular weight is 377 g/mol. The van der Waals surface area contributed by atoms with Crippen molar-refractivity contribution in [3.8, 4) is 5.69 Å². The summed E-state index contributed by atoms with van der Waals surface area (Å²) >= 11 is 11.9. The van der Waals surface area contributed by atoms with Gasteiger partial charge in [0.1, 0.15) is 10.8 Å². The van der Waals surface area contributed by atoms with E-state index < -0.39 is 23.6 Å². The number of hydrogen-bond donors (Lipinski definition) is 0. The summed E-state index contributed by atoms with van der Waals surface area (Å²) in [5.41, 5.74) is 0.304. The molecular weight excluding hydrogens is 364 g/mol. The topological polar surface area (TPSA) is 34.9 Å². The predicted octanol–water partition coefficient (Wildman–Crippen LogP) is 4.90. The fourth-order valence-corrected chi connectivity index (χ4v) is 3.09. The standard InChI is InChI=1S/C16H13Cl2F3N2O/c1-8-13(18)15(24)23(12-4-2-11(17)3-5-12)14(22-8)9-6-10(7-9)16(19,20)21/h2-5,9-10H,6-7H2,1H3. The van der Waals surface area contributed by atoms with Gasteiger partial charge in [0.05, 0.1) is 17.3 Å². The summed E-state index contributed by atoms with van der Waals surface area (Å²) in [6.07, 6.45) is -4.38. The molecule has 1 saturated carbocycles. The molecule has 0 atom stereocenters. The Morgan fingerprint density at radius 3 is 2.29 bits per heavy atom. The molecule has 2 aromatic rings. The van der Waals surface area contributed by atoms with Crippen LogP contribution in [0.5, 0.6) is 0 Å². The molecule has 0 spiro atoms. The Kier molecular flexibility index (Phi) is 4.38. The summed E-state index contributed by atoms with van der Waals surface area (Å²) in [5.74, 6) is -1.48. The van der Waals surface area contributed by atoms with Crippen molar-refractivity contribution in [3.05, 3.63) is 56.2 Å². The maximum atomic E-state index is 12.8. The molecule has 0 radical (unpaired) electrons. The van der Waals surface area contributed by atoms with Crippen molar-refractivity contribution in [2.24, 2.45) is 5.92 Å². The molecule has 128 valence electrons. The van der Waals surface area contributed by atoms with Crippen LogP contribution in [0.4, 0.5) is 13.2 Å². The van der Waals surface area contributed by atoms with E-state index in [-0.39, 0.29) is 17.9 Å². The molecule has 0 bridgehead atoms. The zero-order valence-electron chi connectivity index (χ0n) is 12.6. The summed E-state index contributed by atoms with van der Waals surface area (Å²) < 4.78 is 39.5. The minimum atomic E-state index is -4.22. The van der Waals surface area contributed by atoms with E-state index >= 15 is 0 Å². The van der Waals surface area contributed by atoms with E-state index in [4.69, 9.17) is 23.2 Å². The first-order chi connectivity index (χ1) is 11.2. The van der Waals surface area contributed by atoms with Crippen LogP contribution < -0.4 is 5.56 Å². The molecule has 0 amide bonds. The number of alkyl halides is 3. The van der Waals surface area contributed by atoms with Gasteiger partial charge in [-0.1, -0.05) is 23.2 Å². The molecule has 1 heterocycles. The maximum Gasteiger partial charge on any atom is 0.391 e. The smallest absolute Gasteiger partial charge is 0.267 e. The van der Waals surface area contributed by atoms with Gasteiger partial charge in [0.2, 0.25) is 0 Å². The summed E-state index contributed by atoms with van der Waals surface area (Å²) in [4.78, 5) is 16.9. The van der Waals surface area contributed by atoms with E-state index in [9.17, 15) is 18.0 Å². The van der Waals surface area contributed by atoms with E-state index in [0.29, 0.717) is 22.2 Å². The third-order valence-electron chi connectivity index (χ3n) is 4.27. The van der Waals surface area contributed by atoms with Gasteiger partial charge in [0.15, 0.2) is 0 Å². The van der Waals surface area contributed by atoms with Crippen LogP contribution in [0.15, 0.2) is 29.1 Å². The van der Waals surface area contributed by atoms with E-state index in [1.807, 2.05) is 0 Å². The van der Waals surface area contributed by atoms with Crippen LogP contribution in [-0.4, -0.2) is 15.7 Å². The van der Waals surface area contributed by atoms with Gasteiger partial charge in [0.25, 0.3) is 5.56 Å². The molecule has 1 fully saturated rings. The van der Waals surface area contributed by atoms with E-state index in [2.05, 4.69) is 4.98 Å². The van der Waals surface area contributed by atoms with Crippen LogP contribution in [0.2, 0.25) is 10.0 Å². The highest BCUT2D eigenvalue weighted by molar-refractivity contribution is 6.31. The molecule has 1 aromatic carbocycles. The highest BCUT2D eigenvalue weighted by Crippen LogP contribution is 2.49. The Hall–Kier alpha value is -1.53. The second kappa shape index (κ2) is 6.08. The second-order valence-corrected chi connectivity index (χ2v) is 6.71. The minimum Gasteiger partial charge on any atom is -0.267 e. The summed E-state index contributed by atoms with van der Waals surface area (Å²) in [6.45, 7) is 1.57. The van der Waals surface area contributed by atoms with Gasteiger partial charge in [-0.05, 0) is 44.0 Å². The normalized spacial score (nSPS) is 20.8. The maximum absolute atomic E-state index is 12.8. The summed E-state index contributed by atoms with van der Waals surface area (Å²) in [5, 5.41) is 0.445. The molecule has 24 heavy (non-hydrogen) atoms. The van der Waals surface area contributed by atoms with Gasteiger partial charge >= 0.3 is 6.18 Å². The average Bonchev–Trinajstić information content (AvgIpc) is 2.43. The first-order valence-electron chi connectivity index (χ1n) is 7.30.